The lowest BCUT2D eigenvalue weighted by Crippen LogP contribution is -2.46. The molecular formula is C37H38BIN2O9. The van der Waals surface area contributed by atoms with Crippen LogP contribution in [0.5, 0.6) is 17.2 Å². The molecule has 0 radical (unpaired) electrons. The second-order valence-electron chi connectivity index (χ2n) is 12.9. The number of phenolic OH excluding ortho intramolecular Hbond substituents is 1. The van der Waals surface area contributed by atoms with Gasteiger partial charge < -0.3 is 24.3 Å². The number of anilines is 1. The number of nitrogens with zero attached hydrogens (tertiary/aromatic N) is 2. The molecule has 0 bridgehead atoms. The SMILES string of the molecule is CCC/C(=C\c1cc(I)c(O)c(OC)c1)CC[C@H]1OB(O)C[C@H]2C1=C(COc1ccccc1)C[C@H]1C(=O)N(c3cccc([N+](=O)[O-])c3)C(=O)[C@H]12. The normalized spacial score (nSPS) is 22.0. The zero-order valence-electron chi connectivity index (χ0n) is 27.8. The first kappa shape index (κ1) is 35.6. The maximum absolute atomic E-state index is 14.2. The molecule has 2 saturated heterocycles. The number of carbonyl (C=O) groups is 2. The van der Waals surface area contributed by atoms with Crippen molar-refractivity contribution in [3.63, 3.8) is 0 Å². The van der Waals surface area contributed by atoms with E-state index in [0.29, 0.717) is 27.9 Å². The number of aromatic hydroxyl groups is 1. The molecular weight excluding hydrogens is 754 g/mol. The summed E-state index contributed by atoms with van der Waals surface area (Å²) in [5.41, 5.74) is 3.72. The van der Waals surface area contributed by atoms with E-state index in [0.717, 1.165) is 40.0 Å². The van der Waals surface area contributed by atoms with Crippen LogP contribution in [0.15, 0.2) is 83.4 Å². The van der Waals surface area contributed by atoms with E-state index in [1.165, 1.54) is 31.4 Å². The molecule has 2 N–H and O–H groups in total. The summed E-state index contributed by atoms with van der Waals surface area (Å²) in [7, 11) is 0.362. The lowest BCUT2D eigenvalue weighted by atomic mass is 9.58. The molecule has 3 aliphatic rings. The predicted octanol–water partition coefficient (Wildman–Crippen LogP) is 6.96. The van der Waals surface area contributed by atoms with Crippen molar-refractivity contribution < 1.29 is 38.8 Å². The van der Waals surface area contributed by atoms with Crippen molar-refractivity contribution in [1.82, 2.24) is 0 Å². The van der Waals surface area contributed by atoms with Crippen LogP contribution in [0.1, 0.15) is 44.6 Å². The number of phenols is 1. The highest BCUT2D eigenvalue weighted by Crippen LogP contribution is 2.51. The molecule has 2 fully saturated rings. The maximum atomic E-state index is 14.2. The fourth-order valence-electron chi connectivity index (χ4n) is 7.56. The number of benzene rings is 3. The van der Waals surface area contributed by atoms with Gasteiger partial charge in [0, 0.05) is 12.1 Å². The van der Waals surface area contributed by atoms with Crippen LogP contribution in [-0.4, -0.2) is 53.8 Å². The van der Waals surface area contributed by atoms with Crippen LogP contribution >= 0.6 is 22.6 Å². The highest BCUT2D eigenvalue weighted by Gasteiger charge is 2.57. The third kappa shape index (κ3) is 7.30. The highest BCUT2D eigenvalue weighted by molar-refractivity contribution is 14.1. The maximum Gasteiger partial charge on any atom is 0.455 e. The number of halogens is 1. The zero-order valence-corrected chi connectivity index (χ0v) is 29.9. The number of allylic oxidation sites excluding steroid dienone is 1. The molecule has 1 aliphatic carbocycles. The topological polar surface area (TPSA) is 149 Å². The number of carbonyl (C=O) groups excluding carboxylic acids is 2. The summed E-state index contributed by atoms with van der Waals surface area (Å²) in [5.74, 6) is -1.66. The van der Waals surface area contributed by atoms with Crippen molar-refractivity contribution in [3.05, 3.63) is 103 Å². The minimum absolute atomic E-state index is 0.0923. The van der Waals surface area contributed by atoms with Crippen molar-refractivity contribution in [3.8, 4) is 17.2 Å². The molecule has 0 spiro atoms. The summed E-state index contributed by atoms with van der Waals surface area (Å²) in [6.45, 7) is 2.28. The average Bonchev–Trinajstić information content (AvgIpc) is 3.36. The highest BCUT2D eigenvalue weighted by atomic mass is 127. The molecule has 2 heterocycles. The molecule has 3 aromatic rings. The van der Waals surface area contributed by atoms with Crippen molar-refractivity contribution in [2.75, 3.05) is 18.6 Å². The van der Waals surface area contributed by atoms with Crippen molar-refractivity contribution in [2.24, 2.45) is 17.8 Å². The van der Waals surface area contributed by atoms with Gasteiger partial charge >= 0.3 is 7.12 Å². The predicted molar refractivity (Wildman–Crippen MR) is 197 cm³/mol. The summed E-state index contributed by atoms with van der Waals surface area (Å²) in [4.78, 5) is 40.2. The Morgan fingerprint density at radius 2 is 1.88 bits per heavy atom. The Morgan fingerprint density at radius 3 is 2.60 bits per heavy atom. The first-order valence-corrected chi connectivity index (χ1v) is 17.8. The zero-order chi connectivity index (χ0) is 35.5. The fraction of sp³-hybridized carbons (Fsp3) is 0.351. The van der Waals surface area contributed by atoms with Crippen LogP contribution in [0, 0.1) is 31.4 Å². The van der Waals surface area contributed by atoms with E-state index in [2.05, 4.69) is 35.6 Å². The van der Waals surface area contributed by atoms with Gasteiger partial charge in [0.05, 0.1) is 39.2 Å². The van der Waals surface area contributed by atoms with Gasteiger partial charge in [0.25, 0.3) is 5.69 Å². The second kappa shape index (κ2) is 15.4. The van der Waals surface area contributed by atoms with Crippen LogP contribution in [0.2, 0.25) is 6.32 Å². The van der Waals surface area contributed by atoms with Gasteiger partial charge in [-0.05, 0) is 108 Å². The van der Waals surface area contributed by atoms with Crippen LogP contribution in [0.25, 0.3) is 6.08 Å². The Labute approximate surface area is 304 Å². The second-order valence-corrected chi connectivity index (χ2v) is 14.0. The standard InChI is InChI=1S/C37H38BIN2O9/c1-3-8-22(15-23-16-30(39)35(42)32(17-23)48-2)13-14-31-33-24(21-49-27-11-5-4-6-12-27)18-28-34(29(33)20-38(45)50-31)37(44)40(36(28)43)25-9-7-10-26(19-25)41(46)47/h4-7,9-12,15-17,19,28-29,31,34,42,45H,3,8,13-14,18,20-21H2,1-2H3/b22-15+/t28-,29+,31-,34-/m1/s1. The summed E-state index contributed by atoms with van der Waals surface area (Å²) in [6, 6.07) is 18.6. The van der Waals surface area contributed by atoms with E-state index in [1.54, 1.807) is 6.07 Å². The summed E-state index contributed by atoms with van der Waals surface area (Å²) < 4.78 is 18.5. The molecule has 50 heavy (non-hydrogen) atoms. The Hall–Kier alpha value is -4.21. The third-order valence-corrected chi connectivity index (χ3v) is 10.5. The lowest BCUT2D eigenvalue weighted by Gasteiger charge is -2.43. The average molecular weight is 792 g/mol. The van der Waals surface area contributed by atoms with Crippen LogP contribution in [0.3, 0.4) is 0 Å². The number of hydrogen-bond donors (Lipinski definition) is 2. The first-order valence-electron chi connectivity index (χ1n) is 16.7. The van der Waals surface area contributed by atoms with Gasteiger partial charge in [0.1, 0.15) is 12.4 Å². The van der Waals surface area contributed by atoms with E-state index in [4.69, 9.17) is 14.1 Å². The van der Waals surface area contributed by atoms with Gasteiger partial charge in [-0.2, -0.15) is 0 Å². The molecule has 4 atom stereocenters. The Bertz CT molecular complexity index is 1850. The van der Waals surface area contributed by atoms with Gasteiger partial charge in [-0.1, -0.05) is 49.3 Å². The molecule has 0 unspecified atom stereocenters. The van der Waals surface area contributed by atoms with Crippen LogP contribution in [-0.2, 0) is 14.2 Å². The Balaban J connectivity index is 1.34. The quantitative estimate of drug-likeness (QED) is 0.0496. The van der Waals surface area contributed by atoms with E-state index >= 15 is 0 Å². The molecule has 13 heteroatoms. The summed E-state index contributed by atoms with van der Waals surface area (Å²) in [5, 5.41) is 32.9. The number of amides is 2. The minimum atomic E-state index is -1.15. The van der Waals surface area contributed by atoms with Gasteiger partial charge in [0.2, 0.25) is 11.8 Å². The van der Waals surface area contributed by atoms with E-state index in [-0.39, 0.29) is 36.5 Å². The van der Waals surface area contributed by atoms with E-state index in [1.807, 2.05) is 36.4 Å². The number of methoxy groups -OCH3 is 1. The van der Waals surface area contributed by atoms with Crippen molar-refractivity contribution in [2.45, 2.75) is 51.5 Å². The summed E-state index contributed by atoms with van der Waals surface area (Å²) in [6.07, 6.45) is 4.82. The number of nitro groups is 1. The van der Waals surface area contributed by atoms with Gasteiger partial charge in [-0.25, -0.2) is 4.90 Å². The number of imide groups is 1. The van der Waals surface area contributed by atoms with E-state index in [9.17, 15) is 29.8 Å². The van der Waals surface area contributed by atoms with Crippen molar-refractivity contribution >= 4 is 59.0 Å². The Morgan fingerprint density at radius 1 is 1.10 bits per heavy atom. The lowest BCUT2D eigenvalue weighted by molar-refractivity contribution is -0.384. The molecule has 11 nitrogen and oxygen atoms in total. The number of hydrogen-bond acceptors (Lipinski definition) is 9. The number of non-ortho nitro benzene ring substituents is 1. The molecule has 2 aliphatic heterocycles. The molecule has 260 valence electrons. The Kier molecular flexibility index (Phi) is 10.9. The fourth-order valence-corrected chi connectivity index (χ4v) is 8.18. The molecule has 0 aromatic heterocycles. The molecule has 0 saturated carbocycles. The number of fused-ring (bicyclic) bond motifs is 3. The number of ether oxygens (including phenoxy) is 2. The molecule has 2 amide bonds. The van der Waals surface area contributed by atoms with Crippen LogP contribution < -0.4 is 14.4 Å². The molecule has 3 aromatic carbocycles. The number of para-hydroxylation sites is 1. The molecule has 6 rings (SSSR count). The minimum Gasteiger partial charge on any atom is -0.504 e. The number of nitro benzene ring substituents is 1. The first-order chi connectivity index (χ1) is 24.1. The monoisotopic (exact) mass is 792 g/mol. The van der Waals surface area contributed by atoms with E-state index < -0.39 is 47.7 Å². The van der Waals surface area contributed by atoms with Gasteiger partial charge in [-0.3, -0.25) is 19.7 Å². The van der Waals surface area contributed by atoms with Crippen molar-refractivity contribution in [1.29, 1.82) is 0 Å². The smallest absolute Gasteiger partial charge is 0.455 e. The van der Waals surface area contributed by atoms with Crippen LogP contribution in [0.4, 0.5) is 11.4 Å². The van der Waals surface area contributed by atoms with Gasteiger partial charge in [-0.15, -0.1) is 0 Å². The third-order valence-electron chi connectivity index (χ3n) is 9.70. The number of rotatable bonds is 12. The summed E-state index contributed by atoms with van der Waals surface area (Å²) >= 11 is 2.08. The van der Waals surface area contributed by atoms with Gasteiger partial charge in [0.15, 0.2) is 11.5 Å². The largest absolute Gasteiger partial charge is 0.504 e.